The Bertz CT molecular complexity index is 2760. The van der Waals surface area contributed by atoms with Crippen LogP contribution in [0.2, 0.25) is 0 Å². The Morgan fingerprint density at radius 3 is 1.06 bits per heavy atom. The van der Waals surface area contributed by atoms with Crippen LogP contribution in [0, 0.1) is 0 Å². The minimum Gasteiger partial charge on any atom is -0.436 e. The SMILES string of the molecule is c1ccc(-c2nc(-c3cccc(-c4ccc5oc(-c6ccccc6)nc5c4)c3)nc(-c3cccc(-c4ccc5oc(-c6ccccc6)nc5c4)c3)n2)cc1. The van der Waals surface area contributed by atoms with Gasteiger partial charge >= 0.3 is 0 Å². The second kappa shape index (κ2) is 13.2. The van der Waals surface area contributed by atoms with Gasteiger partial charge in [-0.1, -0.05) is 115 Å². The monoisotopic (exact) mass is 695 g/mol. The summed E-state index contributed by atoms with van der Waals surface area (Å²) in [5.41, 5.74) is 11.7. The first kappa shape index (κ1) is 31.2. The maximum absolute atomic E-state index is 6.08. The molecule has 0 radical (unpaired) electrons. The molecule has 0 amide bonds. The molecule has 0 unspecified atom stereocenters. The van der Waals surface area contributed by atoms with Crippen molar-refractivity contribution < 1.29 is 8.83 Å². The van der Waals surface area contributed by atoms with Crippen LogP contribution in [0.1, 0.15) is 0 Å². The van der Waals surface area contributed by atoms with Crippen molar-refractivity contribution in [2.24, 2.45) is 0 Å². The molecule has 0 N–H and O–H groups in total. The first-order valence-corrected chi connectivity index (χ1v) is 17.7. The van der Waals surface area contributed by atoms with E-state index < -0.39 is 0 Å². The second-order valence-corrected chi connectivity index (χ2v) is 13.0. The number of oxazole rings is 2. The third-order valence-corrected chi connectivity index (χ3v) is 9.39. The number of nitrogens with zero attached hydrogens (tertiary/aromatic N) is 5. The van der Waals surface area contributed by atoms with Gasteiger partial charge in [-0.05, 0) is 82.9 Å². The van der Waals surface area contributed by atoms with E-state index in [2.05, 4.69) is 48.5 Å². The average Bonchev–Trinajstić information content (AvgIpc) is 3.89. The molecule has 3 heterocycles. The topological polar surface area (TPSA) is 90.7 Å². The molecule has 0 aliphatic carbocycles. The summed E-state index contributed by atoms with van der Waals surface area (Å²) in [5.74, 6) is 2.96. The molecule has 10 rings (SSSR count). The van der Waals surface area contributed by atoms with Gasteiger partial charge in [0.05, 0.1) is 0 Å². The Morgan fingerprint density at radius 1 is 0.259 bits per heavy atom. The first-order chi connectivity index (χ1) is 26.7. The van der Waals surface area contributed by atoms with Crippen LogP contribution in [-0.2, 0) is 0 Å². The Morgan fingerprint density at radius 2 is 0.611 bits per heavy atom. The van der Waals surface area contributed by atoms with Gasteiger partial charge in [-0.25, -0.2) is 24.9 Å². The number of rotatable bonds is 7. The number of hydrogen-bond acceptors (Lipinski definition) is 7. The molecule has 0 spiro atoms. The molecule has 7 heteroatoms. The smallest absolute Gasteiger partial charge is 0.227 e. The molecule has 254 valence electrons. The maximum atomic E-state index is 6.08. The highest BCUT2D eigenvalue weighted by molar-refractivity contribution is 5.85. The lowest BCUT2D eigenvalue weighted by Gasteiger charge is -2.10. The predicted molar refractivity (Wildman–Crippen MR) is 213 cm³/mol. The lowest BCUT2D eigenvalue weighted by molar-refractivity contribution is 0.619. The fourth-order valence-electron chi connectivity index (χ4n) is 6.65. The van der Waals surface area contributed by atoms with E-state index in [0.29, 0.717) is 29.3 Å². The van der Waals surface area contributed by atoms with Gasteiger partial charge < -0.3 is 8.83 Å². The lowest BCUT2D eigenvalue weighted by Crippen LogP contribution is -2.00. The molecule has 54 heavy (non-hydrogen) atoms. The number of fused-ring (bicyclic) bond motifs is 2. The fourth-order valence-corrected chi connectivity index (χ4v) is 6.65. The van der Waals surface area contributed by atoms with Crippen molar-refractivity contribution in [1.82, 2.24) is 24.9 Å². The predicted octanol–water partition coefficient (Wildman–Crippen LogP) is 11.8. The van der Waals surface area contributed by atoms with E-state index >= 15 is 0 Å². The van der Waals surface area contributed by atoms with Gasteiger partial charge in [0.2, 0.25) is 11.8 Å². The first-order valence-electron chi connectivity index (χ1n) is 17.7. The standard InChI is InChI=1S/C47H29N5O2/c1-4-12-30(13-5-1)43-50-44(37-20-10-18-33(26-37)35-22-24-41-39(28-35)48-46(53-41)31-14-6-2-7-15-31)52-45(51-43)38-21-11-19-34(27-38)36-23-25-42-40(29-36)49-47(54-42)32-16-8-3-9-17-32/h1-29H. The zero-order valence-electron chi connectivity index (χ0n) is 28.8. The summed E-state index contributed by atoms with van der Waals surface area (Å²) in [4.78, 5) is 24.6. The molecule has 7 nitrogen and oxygen atoms in total. The van der Waals surface area contributed by atoms with Crippen LogP contribution in [0.4, 0.5) is 0 Å². The van der Waals surface area contributed by atoms with Gasteiger partial charge in [0, 0.05) is 27.8 Å². The zero-order valence-corrected chi connectivity index (χ0v) is 28.8. The molecule has 7 aromatic carbocycles. The van der Waals surface area contributed by atoms with E-state index in [1.807, 2.05) is 127 Å². The summed E-state index contributed by atoms with van der Waals surface area (Å²) in [7, 11) is 0. The molecule has 0 saturated carbocycles. The van der Waals surface area contributed by atoms with Gasteiger partial charge in [0.25, 0.3) is 0 Å². The third-order valence-electron chi connectivity index (χ3n) is 9.39. The molecule has 0 atom stereocenters. The van der Waals surface area contributed by atoms with E-state index in [-0.39, 0.29) is 0 Å². The summed E-state index contributed by atoms with van der Waals surface area (Å²) in [6.07, 6.45) is 0. The molecule has 3 aromatic heterocycles. The van der Waals surface area contributed by atoms with E-state index in [1.54, 1.807) is 0 Å². The van der Waals surface area contributed by atoms with Crippen molar-refractivity contribution in [2.45, 2.75) is 0 Å². The summed E-state index contributed by atoms with van der Waals surface area (Å²) >= 11 is 0. The highest BCUT2D eigenvalue weighted by atomic mass is 16.4. The van der Waals surface area contributed by atoms with Crippen LogP contribution >= 0.6 is 0 Å². The van der Waals surface area contributed by atoms with E-state index in [9.17, 15) is 0 Å². The van der Waals surface area contributed by atoms with E-state index in [0.717, 1.165) is 72.3 Å². The number of benzene rings is 7. The van der Waals surface area contributed by atoms with Crippen LogP contribution in [0.3, 0.4) is 0 Å². The van der Waals surface area contributed by atoms with Crippen molar-refractivity contribution in [3.8, 4) is 79.3 Å². The minimum atomic E-state index is 0.581. The molecule has 0 aliphatic rings. The molecule has 0 bridgehead atoms. The van der Waals surface area contributed by atoms with Crippen molar-refractivity contribution in [1.29, 1.82) is 0 Å². The average molecular weight is 696 g/mol. The fraction of sp³-hybridized carbons (Fsp3) is 0. The van der Waals surface area contributed by atoms with Crippen LogP contribution in [0.15, 0.2) is 185 Å². The largest absolute Gasteiger partial charge is 0.436 e. The van der Waals surface area contributed by atoms with Crippen molar-refractivity contribution in [3.63, 3.8) is 0 Å². The number of aromatic nitrogens is 5. The summed E-state index contributed by atoms with van der Waals surface area (Å²) in [5, 5.41) is 0. The summed E-state index contributed by atoms with van der Waals surface area (Å²) < 4.78 is 12.2. The lowest BCUT2D eigenvalue weighted by atomic mass is 10.0. The molecular weight excluding hydrogens is 667 g/mol. The maximum Gasteiger partial charge on any atom is 0.227 e. The highest BCUT2D eigenvalue weighted by Gasteiger charge is 2.16. The van der Waals surface area contributed by atoms with E-state index in [4.69, 9.17) is 33.8 Å². The highest BCUT2D eigenvalue weighted by Crippen LogP contribution is 2.33. The van der Waals surface area contributed by atoms with Crippen LogP contribution in [-0.4, -0.2) is 24.9 Å². The quantitative estimate of drug-likeness (QED) is 0.164. The third kappa shape index (κ3) is 5.99. The summed E-state index contributed by atoms with van der Waals surface area (Å²) in [6, 6.07) is 58.6. The Labute approximate surface area is 310 Å². The molecule has 10 aromatic rings. The van der Waals surface area contributed by atoms with Crippen LogP contribution < -0.4 is 0 Å². The molecule has 0 fully saturated rings. The summed E-state index contributed by atoms with van der Waals surface area (Å²) in [6.45, 7) is 0. The van der Waals surface area contributed by atoms with Crippen LogP contribution in [0.25, 0.3) is 102 Å². The minimum absolute atomic E-state index is 0.581. The second-order valence-electron chi connectivity index (χ2n) is 13.0. The van der Waals surface area contributed by atoms with Crippen LogP contribution in [0.5, 0.6) is 0 Å². The normalized spacial score (nSPS) is 11.3. The number of hydrogen-bond donors (Lipinski definition) is 0. The van der Waals surface area contributed by atoms with Gasteiger partial charge in [-0.15, -0.1) is 0 Å². The van der Waals surface area contributed by atoms with Crippen molar-refractivity contribution in [3.05, 3.63) is 176 Å². The molecule has 0 saturated heterocycles. The molecule has 0 aliphatic heterocycles. The van der Waals surface area contributed by atoms with Gasteiger partial charge in [0.15, 0.2) is 28.6 Å². The Hall–Kier alpha value is -7.51. The van der Waals surface area contributed by atoms with Crippen molar-refractivity contribution in [2.75, 3.05) is 0 Å². The Kier molecular flexibility index (Phi) is 7.66. The van der Waals surface area contributed by atoms with Gasteiger partial charge in [-0.2, -0.15) is 0 Å². The molecular formula is C47H29N5O2. The van der Waals surface area contributed by atoms with Gasteiger partial charge in [-0.3, -0.25) is 0 Å². The zero-order chi connectivity index (χ0) is 35.8. The van der Waals surface area contributed by atoms with E-state index in [1.165, 1.54) is 0 Å². The Balaban J connectivity index is 1.02. The van der Waals surface area contributed by atoms with Crippen molar-refractivity contribution >= 4 is 22.2 Å². The van der Waals surface area contributed by atoms with Gasteiger partial charge in [0.1, 0.15) is 11.0 Å².